The molecule has 0 aliphatic heterocycles. The summed E-state index contributed by atoms with van der Waals surface area (Å²) in [4.78, 5) is 19.6. The molecule has 0 unspecified atom stereocenters. The number of halogens is 3. The number of nitrogens with one attached hydrogen (secondary N) is 3. The SMILES string of the molecule is CNCc1ccc(Cc2cncc(C(=O)NCc3cc4c(Cl)c[nH]c4cc3F)c2)c(F)c1. The number of carbonyl (C=O) groups is 1. The van der Waals surface area contributed by atoms with Gasteiger partial charge in [0, 0.05) is 54.6 Å². The second-order valence-electron chi connectivity index (χ2n) is 7.52. The zero-order valence-corrected chi connectivity index (χ0v) is 18.1. The first-order valence-corrected chi connectivity index (χ1v) is 10.4. The topological polar surface area (TPSA) is 69.8 Å². The number of rotatable bonds is 7. The molecular formula is C24H21ClF2N4O. The third-order valence-corrected chi connectivity index (χ3v) is 5.50. The van der Waals surface area contributed by atoms with Crippen LogP contribution in [0.1, 0.15) is 32.6 Å². The average molecular weight is 455 g/mol. The van der Waals surface area contributed by atoms with Crippen LogP contribution in [-0.4, -0.2) is 22.9 Å². The van der Waals surface area contributed by atoms with Crippen molar-refractivity contribution in [1.82, 2.24) is 20.6 Å². The molecule has 0 aliphatic carbocycles. The van der Waals surface area contributed by atoms with Gasteiger partial charge in [-0.25, -0.2) is 8.78 Å². The van der Waals surface area contributed by atoms with Gasteiger partial charge in [0.2, 0.25) is 0 Å². The molecule has 2 aromatic carbocycles. The Labute approximate surface area is 188 Å². The van der Waals surface area contributed by atoms with Gasteiger partial charge < -0.3 is 15.6 Å². The van der Waals surface area contributed by atoms with Gasteiger partial charge in [-0.1, -0.05) is 23.7 Å². The third kappa shape index (κ3) is 4.79. The molecule has 2 heterocycles. The maximum atomic E-state index is 14.4. The zero-order chi connectivity index (χ0) is 22.7. The number of carbonyl (C=O) groups excluding carboxylic acids is 1. The number of H-pyrrole nitrogens is 1. The van der Waals surface area contributed by atoms with Gasteiger partial charge in [-0.05, 0) is 48.0 Å². The van der Waals surface area contributed by atoms with Crippen LogP contribution in [-0.2, 0) is 19.5 Å². The number of hydrogen-bond acceptors (Lipinski definition) is 3. The molecule has 5 nitrogen and oxygen atoms in total. The van der Waals surface area contributed by atoms with E-state index in [1.807, 2.05) is 6.07 Å². The van der Waals surface area contributed by atoms with Crippen molar-refractivity contribution in [3.63, 3.8) is 0 Å². The molecule has 2 aromatic heterocycles. The predicted molar refractivity (Wildman–Crippen MR) is 121 cm³/mol. The number of nitrogens with zero attached hydrogens (tertiary/aromatic N) is 1. The van der Waals surface area contributed by atoms with Crippen LogP contribution < -0.4 is 10.6 Å². The number of aromatic amines is 1. The Morgan fingerprint density at radius 3 is 2.62 bits per heavy atom. The number of benzene rings is 2. The molecule has 32 heavy (non-hydrogen) atoms. The first kappa shape index (κ1) is 21.9. The molecule has 0 radical (unpaired) electrons. The van der Waals surface area contributed by atoms with E-state index in [0.717, 1.165) is 5.56 Å². The lowest BCUT2D eigenvalue weighted by atomic mass is 10.0. The highest BCUT2D eigenvalue weighted by Gasteiger charge is 2.13. The van der Waals surface area contributed by atoms with E-state index in [1.54, 1.807) is 37.6 Å². The van der Waals surface area contributed by atoms with Gasteiger partial charge in [-0.3, -0.25) is 9.78 Å². The second kappa shape index (κ2) is 9.46. The highest BCUT2D eigenvalue weighted by molar-refractivity contribution is 6.35. The Morgan fingerprint density at radius 2 is 1.84 bits per heavy atom. The monoisotopic (exact) mass is 454 g/mol. The van der Waals surface area contributed by atoms with E-state index in [0.29, 0.717) is 51.1 Å². The molecule has 4 aromatic rings. The third-order valence-electron chi connectivity index (χ3n) is 5.19. The molecule has 0 aliphatic rings. The Balaban J connectivity index is 1.46. The van der Waals surface area contributed by atoms with E-state index in [2.05, 4.69) is 20.6 Å². The Bertz CT molecular complexity index is 1290. The highest BCUT2D eigenvalue weighted by atomic mass is 35.5. The largest absolute Gasteiger partial charge is 0.360 e. The van der Waals surface area contributed by atoms with Crippen LogP contribution in [0, 0.1) is 11.6 Å². The van der Waals surface area contributed by atoms with Gasteiger partial charge in [0.05, 0.1) is 10.6 Å². The van der Waals surface area contributed by atoms with E-state index in [9.17, 15) is 13.6 Å². The molecule has 0 saturated heterocycles. The van der Waals surface area contributed by atoms with Crippen molar-refractivity contribution >= 4 is 28.4 Å². The molecule has 1 amide bonds. The summed E-state index contributed by atoms with van der Waals surface area (Å²) in [5.41, 5.74) is 3.29. The van der Waals surface area contributed by atoms with Gasteiger partial charge in [-0.15, -0.1) is 0 Å². The number of aromatic nitrogens is 2. The smallest absolute Gasteiger partial charge is 0.253 e. The van der Waals surface area contributed by atoms with Crippen LogP contribution in [0.25, 0.3) is 10.9 Å². The minimum atomic E-state index is -0.444. The van der Waals surface area contributed by atoms with Crippen LogP contribution >= 0.6 is 11.6 Å². The number of amides is 1. The normalized spacial score (nSPS) is 11.1. The molecule has 164 valence electrons. The highest BCUT2D eigenvalue weighted by Crippen LogP contribution is 2.25. The first-order valence-electron chi connectivity index (χ1n) is 10.0. The molecule has 3 N–H and O–H groups in total. The van der Waals surface area contributed by atoms with E-state index in [4.69, 9.17) is 11.6 Å². The van der Waals surface area contributed by atoms with Crippen LogP contribution in [0.15, 0.2) is 55.0 Å². The molecule has 4 rings (SSSR count). The van der Waals surface area contributed by atoms with Crippen molar-refractivity contribution in [3.05, 3.63) is 99.5 Å². The van der Waals surface area contributed by atoms with Crippen LogP contribution in [0.2, 0.25) is 5.02 Å². The molecule has 0 saturated carbocycles. The minimum absolute atomic E-state index is 0.00605. The lowest BCUT2D eigenvalue weighted by molar-refractivity contribution is 0.0950. The zero-order valence-electron chi connectivity index (χ0n) is 17.3. The summed E-state index contributed by atoms with van der Waals surface area (Å²) >= 11 is 6.10. The number of pyridine rings is 1. The van der Waals surface area contributed by atoms with Crippen molar-refractivity contribution in [2.75, 3.05) is 7.05 Å². The van der Waals surface area contributed by atoms with E-state index >= 15 is 0 Å². The first-order chi connectivity index (χ1) is 15.4. The van der Waals surface area contributed by atoms with Gasteiger partial charge in [0.25, 0.3) is 5.91 Å². The molecule has 8 heteroatoms. The van der Waals surface area contributed by atoms with Crippen LogP contribution in [0.3, 0.4) is 0 Å². The van der Waals surface area contributed by atoms with Crippen molar-refractivity contribution in [2.45, 2.75) is 19.5 Å². The summed E-state index contributed by atoms with van der Waals surface area (Å²) < 4.78 is 28.7. The summed E-state index contributed by atoms with van der Waals surface area (Å²) in [5.74, 6) is -1.15. The summed E-state index contributed by atoms with van der Waals surface area (Å²) in [7, 11) is 1.80. The minimum Gasteiger partial charge on any atom is -0.360 e. The lowest BCUT2D eigenvalue weighted by Crippen LogP contribution is -2.23. The molecule has 0 spiro atoms. The van der Waals surface area contributed by atoms with Gasteiger partial charge in [-0.2, -0.15) is 0 Å². The van der Waals surface area contributed by atoms with Crippen LogP contribution in [0.5, 0.6) is 0 Å². The maximum Gasteiger partial charge on any atom is 0.253 e. The summed E-state index contributed by atoms with van der Waals surface area (Å²) in [6, 6.07) is 9.71. The van der Waals surface area contributed by atoms with E-state index in [1.165, 1.54) is 18.3 Å². The molecule has 0 bridgehead atoms. The fraction of sp³-hybridized carbons (Fsp3) is 0.167. The van der Waals surface area contributed by atoms with E-state index in [-0.39, 0.29) is 12.4 Å². The average Bonchev–Trinajstić information content (AvgIpc) is 3.13. The van der Waals surface area contributed by atoms with Crippen LogP contribution in [0.4, 0.5) is 8.78 Å². The van der Waals surface area contributed by atoms with Crippen molar-refractivity contribution in [3.8, 4) is 0 Å². The van der Waals surface area contributed by atoms with Crippen molar-refractivity contribution in [2.24, 2.45) is 0 Å². The van der Waals surface area contributed by atoms with Crippen molar-refractivity contribution < 1.29 is 13.6 Å². The Hall–Kier alpha value is -3.29. The Morgan fingerprint density at radius 1 is 1.03 bits per heavy atom. The van der Waals surface area contributed by atoms with Crippen molar-refractivity contribution in [1.29, 1.82) is 0 Å². The molecule has 0 fully saturated rings. The number of fused-ring (bicyclic) bond motifs is 1. The molecule has 0 atom stereocenters. The van der Waals surface area contributed by atoms with Gasteiger partial charge >= 0.3 is 0 Å². The van der Waals surface area contributed by atoms with Gasteiger partial charge in [0.1, 0.15) is 11.6 Å². The quantitative estimate of drug-likeness (QED) is 0.378. The fourth-order valence-electron chi connectivity index (χ4n) is 3.54. The summed E-state index contributed by atoms with van der Waals surface area (Å²) in [5, 5.41) is 6.85. The van der Waals surface area contributed by atoms with Gasteiger partial charge in [0.15, 0.2) is 0 Å². The number of hydrogen-bond donors (Lipinski definition) is 3. The lowest BCUT2D eigenvalue weighted by Gasteiger charge is -2.09. The Kier molecular flexibility index (Phi) is 6.48. The maximum absolute atomic E-state index is 14.4. The summed E-state index contributed by atoms with van der Waals surface area (Å²) in [6.07, 6.45) is 4.91. The fourth-order valence-corrected chi connectivity index (χ4v) is 3.75. The predicted octanol–water partition coefficient (Wildman–Crippen LogP) is 4.73. The van der Waals surface area contributed by atoms with E-state index < -0.39 is 11.7 Å². The molecular weight excluding hydrogens is 434 g/mol. The standard InChI is InChI=1S/C24H21ClF2N4O/c1-28-9-14-2-3-16(21(26)6-14)4-15-5-18(11-29-10-15)24(32)31-12-17-7-19-20(25)13-30-23(19)8-22(17)27/h2-3,5-8,10-11,13,28,30H,4,9,12H2,1H3,(H,31,32). The second-order valence-corrected chi connectivity index (χ2v) is 7.93. The summed E-state index contributed by atoms with van der Waals surface area (Å²) in [6.45, 7) is 0.576.